The zero-order valence-electron chi connectivity index (χ0n) is 50.2. The van der Waals surface area contributed by atoms with Crippen molar-refractivity contribution in [2.24, 2.45) is 0 Å². The lowest BCUT2D eigenvalue weighted by atomic mass is 9.27. The largest absolute Gasteiger partial charge is 0.458 e. The molecule has 0 aliphatic carbocycles. The minimum Gasteiger partial charge on any atom is -0.458 e. The Morgan fingerprint density at radius 2 is 0.506 bits per heavy atom. The predicted molar refractivity (Wildman–Crippen MR) is 334 cm³/mol. The molecule has 0 fully saturated rings. The van der Waals surface area contributed by atoms with Gasteiger partial charge in [-0.2, -0.15) is 0 Å². The molecule has 390 valence electrons. The second-order valence-electron chi connectivity index (χ2n) is 31.2. The molecule has 6 heterocycles. The molecule has 0 spiro atoms. The average molecular weight is 1010 g/mol. The first-order chi connectivity index (χ1) is 35.6. The molecule has 6 aliphatic rings. The Labute approximate surface area is 462 Å². The van der Waals surface area contributed by atoms with Gasteiger partial charge in [-0.15, -0.1) is 0 Å². The zero-order valence-corrected chi connectivity index (χ0v) is 50.2. The molecule has 7 aromatic carbocycles. The Morgan fingerprint density at radius 3 is 0.805 bits per heavy atom. The third-order valence-corrected chi connectivity index (χ3v) is 18.4. The molecule has 0 bridgehead atoms. The van der Waals surface area contributed by atoms with Crippen LogP contribution in [-0.2, 0) is 37.9 Å². The summed E-state index contributed by atoms with van der Waals surface area (Å²) in [6, 6.07) is 39.6. The Balaban J connectivity index is 1.23. The van der Waals surface area contributed by atoms with E-state index in [1.165, 1.54) is 122 Å². The van der Waals surface area contributed by atoms with Crippen molar-refractivity contribution >= 4 is 103 Å². The Bertz CT molecular complexity index is 3540. The van der Waals surface area contributed by atoms with Crippen molar-refractivity contribution in [3.05, 3.63) is 136 Å². The van der Waals surface area contributed by atoms with E-state index >= 15 is 0 Å². The van der Waals surface area contributed by atoms with Gasteiger partial charge < -0.3 is 19.3 Å². The highest BCUT2D eigenvalue weighted by molar-refractivity contribution is 7.06. The summed E-state index contributed by atoms with van der Waals surface area (Å²) >= 11 is 0. The van der Waals surface area contributed by atoms with Crippen LogP contribution in [0.4, 0.5) is 34.1 Å². The molecule has 6 aliphatic heterocycles. The van der Waals surface area contributed by atoms with Crippen molar-refractivity contribution in [2.45, 2.75) is 183 Å². The molecule has 0 amide bonds. The number of anilines is 6. The van der Waals surface area contributed by atoms with Crippen molar-refractivity contribution < 1.29 is 9.47 Å². The number of benzene rings is 7. The van der Waals surface area contributed by atoms with Gasteiger partial charge in [0, 0.05) is 34.1 Å². The van der Waals surface area contributed by atoms with E-state index in [2.05, 4.69) is 252 Å². The first-order valence-electron chi connectivity index (χ1n) is 28.8. The van der Waals surface area contributed by atoms with Crippen LogP contribution in [-0.4, -0.2) is 20.1 Å². The molecule has 0 saturated carbocycles. The van der Waals surface area contributed by atoms with Crippen LogP contribution in [0.1, 0.15) is 184 Å². The lowest BCUT2D eigenvalue weighted by molar-refractivity contribution is 0.482. The maximum absolute atomic E-state index is 7.29. The van der Waals surface area contributed by atoms with Gasteiger partial charge in [-0.25, -0.2) is 0 Å². The van der Waals surface area contributed by atoms with Crippen molar-refractivity contribution in [1.82, 2.24) is 0 Å². The van der Waals surface area contributed by atoms with Gasteiger partial charge in [-0.1, -0.05) is 194 Å². The summed E-state index contributed by atoms with van der Waals surface area (Å²) in [4.78, 5) is 5.46. The van der Waals surface area contributed by atoms with Gasteiger partial charge in [-0.05, 0) is 175 Å². The summed E-state index contributed by atoms with van der Waals surface area (Å²) in [5, 5.41) is 0. The van der Waals surface area contributed by atoms with E-state index in [4.69, 9.17) is 9.47 Å². The number of nitrogens with zero attached hydrogens (tertiary/aromatic N) is 2. The fraction of sp³-hybridized carbons (Fsp3) is 0.400. The normalized spacial score (nSPS) is 15.7. The summed E-state index contributed by atoms with van der Waals surface area (Å²) in [5.74, 6) is 3.86. The number of hydrogen-bond acceptors (Lipinski definition) is 4. The van der Waals surface area contributed by atoms with Gasteiger partial charge in [-0.3, -0.25) is 0 Å². The number of rotatable bonds is 0. The third kappa shape index (κ3) is 7.32. The first-order valence-corrected chi connectivity index (χ1v) is 28.8. The van der Waals surface area contributed by atoms with E-state index in [9.17, 15) is 0 Å². The summed E-state index contributed by atoms with van der Waals surface area (Å²) in [7, 11) is 0. The standard InChI is InChI=1S/C70H79B3N2O2/c1-64(2,3)38-22-24-55-45(26-38)71-47-28-40(66(7,8)9)30-49-62(47)74(53-34-43(69(16,17)18)36-57(76-55)60(53)71)51-32-42(68(13,14)15)33-52-59(51)73(49)50-31-41(67(10,11)12)29-48-63(50)75(52)54-35-44(70(19,20)21)37-58-61(54)72(48)46-27-39(65(4,5)6)23-25-56(46)77-58/h22-37H,1-21H3. The molecular weight excluding hydrogens is 933 g/mol. The number of hydrogen-bond donors (Lipinski definition) is 0. The van der Waals surface area contributed by atoms with Gasteiger partial charge in [0.25, 0.3) is 20.1 Å². The molecule has 0 atom stereocenters. The van der Waals surface area contributed by atoms with Crippen LogP contribution in [0.15, 0.2) is 97.1 Å². The molecule has 77 heavy (non-hydrogen) atoms. The second kappa shape index (κ2) is 15.4. The van der Waals surface area contributed by atoms with Crippen molar-refractivity contribution in [1.29, 1.82) is 0 Å². The third-order valence-electron chi connectivity index (χ3n) is 18.4. The highest BCUT2D eigenvalue weighted by Gasteiger charge is 2.54. The lowest BCUT2D eigenvalue weighted by Gasteiger charge is -2.52. The maximum Gasteiger partial charge on any atom is 0.256 e. The number of fused-ring (bicyclic) bond motifs is 12. The molecule has 13 rings (SSSR count). The smallest absolute Gasteiger partial charge is 0.256 e. The summed E-state index contributed by atoms with van der Waals surface area (Å²) in [6.07, 6.45) is 0. The van der Waals surface area contributed by atoms with Crippen LogP contribution in [0.25, 0.3) is 0 Å². The van der Waals surface area contributed by atoms with Crippen LogP contribution < -0.4 is 68.4 Å². The topological polar surface area (TPSA) is 24.9 Å². The van der Waals surface area contributed by atoms with Crippen molar-refractivity contribution in [3.8, 4) is 23.0 Å². The van der Waals surface area contributed by atoms with Gasteiger partial charge in [0.2, 0.25) is 0 Å². The Kier molecular flexibility index (Phi) is 10.1. The first kappa shape index (κ1) is 50.4. The molecule has 0 N–H and O–H groups in total. The highest BCUT2D eigenvalue weighted by atomic mass is 16.5. The van der Waals surface area contributed by atoms with Crippen LogP contribution in [0.5, 0.6) is 23.0 Å². The molecule has 4 nitrogen and oxygen atoms in total. The van der Waals surface area contributed by atoms with Gasteiger partial charge in [0.1, 0.15) is 23.0 Å². The van der Waals surface area contributed by atoms with E-state index in [1.807, 2.05) is 0 Å². The Hall–Kier alpha value is -6.07. The fourth-order valence-electron chi connectivity index (χ4n) is 13.6. The van der Waals surface area contributed by atoms with E-state index in [-0.39, 0.29) is 58.0 Å². The van der Waals surface area contributed by atoms with Crippen LogP contribution in [0.2, 0.25) is 0 Å². The predicted octanol–water partition coefficient (Wildman–Crippen LogP) is 12.7. The van der Waals surface area contributed by atoms with E-state index in [0.29, 0.717) is 0 Å². The summed E-state index contributed by atoms with van der Waals surface area (Å²) < 4.78 is 14.6. The van der Waals surface area contributed by atoms with Gasteiger partial charge >= 0.3 is 0 Å². The van der Waals surface area contributed by atoms with Crippen LogP contribution in [0, 0.1) is 0 Å². The molecule has 0 unspecified atom stereocenters. The monoisotopic (exact) mass is 1010 g/mol. The zero-order chi connectivity index (χ0) is 55.1. The van der Waals surface area contributed by atoms with Crippen LogP contribution in [0.3, 0.4) is 0 Å². The molecule has 0 saturated heterocycles. The van der Waals surface area contributed by atoms with Crippen molar-refractivity contribution in [2.75, 3.05) is 9.80 Å². The van der Waals surface area contributed by atoms with Crippen molar-refractivity contribution in [3.63, 3.8) is 0 Å². The molecule has 0 aromatic heterocycles. The van der Waals surface area contributed by atoms with Gasteiger partial charge in [0.15, 0.2) is 0 Å². The van der Waals surface area contributed by atoms with E-state index in [0.717, 1.165) is 23.0 Å². The van der Waals surface area contributed by atoms with Crippen LogP contribution >= 0.6 is 0 Å². The summed E-state index contributed by atoms with van der Waals surface area (Å²) in [5.41, 5.74) is 28.0. The van der Waals surface area contributed by atoms with Gasteiger partial charge in [0.05, 0.1) is 0 Å². The molecular formula is C70H79B3N2O2. The maximum atomic E-state index is 7.29. The average Bonchev–Trinajstić information content (AvgIpc) is 3.51. The van der Waals surface area contributed by atoms with E-state index < -0.39 is 0 Å². The molecule has 7 aromatic rings. The quantitative estimate of drug-likeness (QED) is 0.141. The summed E-state index contributed by atoms with van der Waals surface area (Å²) in [6.45, 7) is 49.6. The fourth-order valence-corrected chi connectivity index (χ4v) is 13.6. The minimum absolute atomic E-state index is 0.0361. The lowest BCUT2D eigenvalue weighted by Crippen LogP contribution is -2.70. The number of ether oxygens (including phenoxy) is 2. The Morgan fingerprint density at radius 1 is 0.260 bits per heavy atom. The second-order valence-corrected chi connectivity index (χ2v) is 31.2. The SMILES string of the molecule is CC(C)(C)c1ccc2c(c1)B1c3cc(C(C)(C)C)cc4c3N(c3cc(C(C)(C)C)cc(c31)O2)c1cc(C(C)(C)C)cc2c1B4c1cc(C(C)(C)C)cc3c1N2c1cc(C(C)(C)C)cc2c1B3c1cc(C(C)(C)C)ccc1O2. The molecule has 7 heteroatoms. The minimum atomic E-state index is -0.174. The highest BCUT2D eigenvalue weighted by Crippen LogP contribution is 2.52. The van der Waals surface area contributed by atoms with E-state index in [1.54, 1.807) is 0 Å². The molecule has 0 radical (unpaired) electrons.